The van der Waals surface area contributed by atoms with Gasteiger partial charge in [0.1, 0.15) is 0 Å². The standard InChI is InChI=1S/C12H12O2/c1-9(13)12(10(2)14)8-11-6-4-3-5-7-11/h3-8,13H,1H2,2H3/p-1/b12-8+. The molecule has 0 saturated carbocycles. The van der Waals surface area contributed by atoms with Gasteiger partial charge in [0, 0.05) is 5.57 Å². The predicted octanol–water partition coefficient (Wildman–Crippen LogP) is 1.53. The molecule has 1 aromatic carbocycles. The van der Waals surface area contributed by atoms with Crippen LogP contribution in [0.15, 0.2) is 48.2 Å². The summed E-state index contributed by atoms with van der Waals surface area (Å²) in [5, 5.41) is 11.0. The molecule has 0 radical (unpaired) electrons. The minimum Gasteiger partial charge on any atom is -0.872 e. The first-order chi connectivity index (χ1) is 6.61. The molecular weight excluding hydrogens is 176 g/mol. The van der Waals surface area contributed by atoms with Gasteiger partial charge in [-0.25, -0.2) is 0 Å². The molecule has 0 unspecified atom stereocenters. The fourth-order valence-electron chi connectivity index (χ4n) is 1.09. The van der Waals surface area contributed by atoms with Crippen molar-refractivity contribution in [1.82, 2.24) is 0 Å². The molecule has 0 atom stereocenters. The molecule has 0 N–H and O–H groups in total. The van der Waals surface area contributed by atoms with Gasteiger partial charge in [0.25, 0.3) is 0 Å². The summed E-state index contributed by atoms with van der Waals surface area (Å²) in [5.41, 5.74) is 0.964. The number of rotatable bonds is 3. The average molecular weight is 187 g/mol. The Hall–Kier alpha value is -1.83. The molecule has 72 valence electrons. The van der Waals surface area contributed by atoms with Crippen LogP contribution >= 0.6 is 0 Å². The highest BCUT2D eigenvalue weighted by molar-refractivity contribution is 6.01. The minimum absolute atomic E-state index is 0.135. The lowest BCUT2D eigenvalue weighted by molar-refractivity contribution is -0.295. The Morgan fingerprint density at radius 3 is 2.36 bits per heavy atom. The number of carbonyl (C=O) groups excluding carboxylic acids is 1. The summed E-state index contributed by atoms with van der Waals surface area (Å²) in [6.45, 7) is 4.59. The Balaban J connectivity index is 3.06. The molecule has 0 aliphatic carbocycles. The number of Topliss-reactive ketones (excluding diaryl/α,β-unsaturated/α-hetero) is 1. The van der Waals surface area contributed by atoms with Gasteiger partial charge in [-0.15, -0.1) is 12.3 Å². The molecule has 0 amide bonds. The molecule has 0 fully saturated rings. The van der Waals surface area contributed by atoms with E-state index in [0.29, 0.717) is 0 Å². The molecule has 0 aliphatic heterocycles. The SMILES string of the molecule is C=C([O-])/C(=C\c1ccccc1)C(C)=O. The van der Waals surface area contributed by atoms with Crippen molar-refractivity contribution in [2.75, 3.05) is 0 Å². The lowest BCUT2D eigenvalue weighted by Crippen LogP contribution is -2.10. The predicted molar refractivity (Wildman–Crippen MR) is 54.2 cm³/mol. The number of allylic oxidation sites excluding steroid dienone is 1. The zero-order valence-electron chi connectivity index (χ0n) is 7.99. The van der Waals surface area contributed by atoms with E-state index < -0.39 is 5.76 Å². The van der Waals surface area contributed by atoms with E-state index in [1.807, 2.05) is 30.3 Å². The van der Waals surface area contributed by atoms with Crippen LogP contribution < -0.4 is 5.11 Å². The van der Waals surface area contributed by atoms with Crippen LogP contribution in [0.2, 0.25) is 0 Å². The Morgan fingerprint density at radius 1 is 1.36 bits per heavy atom. The van der Waals surface area contributed by atoms with E-state index in [1.54, 1.807) is 6.08 Å². The fraction of sp³-hybridized carbons (Fsp3) is 0.0833. The second kappa shape index (κ2) is 4.42. The van der Waals surface area contributed by atoms with Gasteiger partial charge < -0.3 is 5.11 Å². The quantitative estimate of drug-likeness (QED) is 0.409. The van der Waals surface area contributed by atoms with Crippen molar-refractivity contribution in [2.45, 2.75) is 6.92 Å². The van der Waals surface area contributed by atoms with Crippen molar-refractivity contribution < 1.29 is 9.90 Å². The van der Waals surface area contributed by atoms with Gasteiger partial charge in [-0.2, -0.15) is 0 Å². The Labute approximate surface area is 83.2 Å². The lowest BCUT2D eigenvalue weighted by Gasteiger charge is -2.11. The van der Waals surface area contributed by atoms with Gasteiger partial charge in [0.2, 0.25) is 0 Å². The van der Waals surface area contributed by atoms with Gasteiger partial charge >= 0.3 is 0 Å². The van der Waals surface area contributed by atoms with Gasteiger partial charge in [0.15, 0.2) is 5.78 Å². The highest BCUT2D eigenvalue weighted by Crippen LogP contribution is 2.10. The van der Waals surface area contributed by atoms with Crippen molar-refractivity contribution in [1.29, 1.82) is 0 Å². The van der Waals surface area contributed by atoms with E-state index in [-0.39, 0.29) is 11.4 Å². The molecule has 0 saturated heterocycles. The van der Waals surface area contributed by atoms with Crippen molar-refractivity contribution in [3.63, 3.8) is 0 Å². The summed E-state index contributed by atoms with van der Waals surface area (Å²) < 4.78 is 0. The molecule has 0 aromatic heterocycles. The fourth-order valence-corrected chi connectivity index (χ4v) is 1.09. The van der Waals surface area contributed by atoms with Crippen molar-refractivity contribution in [2.24, 2.45) is 0 Å². The number of carbonyl (C=O) groups is 1. The van der Waals surface area contributed by atoms with Crippen LogP contribution in [0.4, 0.5) is 0 Å². The Bertz CT molecular complexity index is 359. The van der Waals surface area contributed by atoms with Gasteiger partial charge in [-0.1, -0.05) is 30.3 Å². The molecule has 1 rings (SSSR count). The maximum atomic E-state index is 11.1. The summed E-state index contributed by atoms with van der Waals surface area (Å²) in [6, 6.07) is 9.21. The molecular formula is C12H11O2-. The topological polar surface area (TPSA) is 40.1 Å². The van der Waals surface area contributed by atoms with Crippen LogP contribution in [0.5, 0.6) is 0 Å². The normalized spacial score (nSPS) is 11.1. The van der Waals surface area contributed by atoms with Gasteiger partial charge in [0.05, 0.1) is 0 Å². The molecule has 0 bridgehead atoms. The summed E-state index contributed by atoms with van der Waals surface area (Å²) in [5.74, 6) is -0.699. The zero-order chi connectivity index (χ0) is 10.6. The van der Waals surface area contributed by atoms with Crippen LogP contribution in [0.25, 0.3) is 6.08 Å². The summed E-state index contributed by atoms with van der Waals surface area (Å²) in [4.78, 5) is 11.1. The number of hydrogen-bond donors (Lipinski definition) is 0. The molecule has 0 aliphatic rings. The third-order valence-corrected chi connectivity index (χ3v) is 1.79. The van der Waals surface area contributed by atoms with E-state index in [1.165, 1.54) is 6.92 Å². The van der Waals surface area contributed by atoms with Gasteiger partial charge in [-0.3, -0.25) is 4.79 Å². The van der Waals surface area contributed by atoms with Gasteiger partial charge in [-0.05, 0) is 18.6 Å². The summed E-state index contributed by atoms with van der Waals surface area (Å²) in [7, 11) is 0. The highest BCUT2D eigenvalue weighted by Gasteiger charge is 2.00. The maximum absolute atomic E-state index is 11.1. The lowest BCUT2D eigenvalue weighted by atomic mass is 10.1. The Morgan fingerprint density at radius 2 is 1.93 bits per heavy atom. The largest absolute Gasteiger partial charge is 0.872 e. The maximum Gasteiger partial charge on any atom is 0.159 e. The number of hydrogen-bond acceptors (Lipinski definition) is 2. The van der Waals surface area contributed by atoms with Crippen LogP contribution in [0.3, 0.4) is 0 Å². The molecule has 0 spiro atoms. The average Bonchev–Trinajstić information content (AvgIpc) is 2.15. The second-order valence-electron chi connectivity index (χ2n) is 2.95. The number of benzene rings is 1. The van der Waals surface area contributed by atoms with E-state index in [9.17, 15) is 9.90 Å². The minimum atomic E-state index is -0.443. The Kier molecular flexibility index (Phi) is 3.24. The molecule has 1 aromatic rings. The van der Waals surface area contributed by atoms with Crippen LogP contribution in [-0.4, -0.2) is 5.78 Å². The van der Waals surface area contributed by atoms with Crippen molar-refractivity contribution in [3.05, 3.63) is 53.8 Å². The van der Waals surface area contributed by atoms with E-state index in [2.05, 4.69) is 6.58 Å². The van der Waals surface area contributed by atoms with E-state index >= 15 is 0 Å². The molecule has 0 heterocycles. The molecule has 14 heavy (non-hydrogen) atoms. The first-order valence-corrected chi connectivity index (χ1v) is 4.25. The van der Waals surface area contributed by atoms with Crippen LogP contribution in [-0.2, 0) is 4.79 Å². The van der Waals surface area contributed by atoms with Crippen LogP contribution in [0.1, 0.15) is 12.5 Å². The van der Waals surface area contributed by atoms with E-state index in [0.717, 1.165) is 5.56 Å². The smallest absolute Gasteiger partial charge is 0.159 e. The van der Waals surface area contributed by atoms with E-state index in [4.69, 9.17) is 0 Å². The second-order valence-corrected chi connectivity index (χ2v) is 2.95. The third kappa shape index (κ3) is 2.59. The van der Waals surface area contributed by atoms with Crippen molar-refractivity contribution in [3.8, 4) is 0 Å². The summed E-state index contributed by atoms with van der Waals surface area (Å²) >= 11 is 0. The number of ketones is 1. The zero-order valence-corrected chi connectivity index (χ0v) is 7.99. The monoisotopic (exact) mass is 187 g/mol. The summed E-state index contributed by atoms with van der Waals surface area (Å²) in [6.07, 6.45) is 1.55. The van der Waals surface area contributed by atoms with Crippen molar-refractivity contribution >= 4 is 11.9 Å². The molecule has 2 nitrogen and oxygen atoms in total. The third-order valence-electron chi connectivity index (χ3n) is 1.79. The first-order valence-electron chi connectivity index (χ1n) is 4.25. The van der Waals surface area contributed by atoms with Crippen LogP contribution in [0, 0.1) is 0 Å². The highest BCUT2D eigenvalue weighted by atomic mass is 16.3. The first kappa shape index (κ1) is 10.3. The molecule has 2 heteroatoms.